The lowest BCUT2D eigenvalue weighted by Gasteiger charge is -2.31. The van der Waals surface area contributed by atoms with Gasteiger partial charge in [0.1, 0.15) is 0 Å². The van der Waals surface area contributed by atoms with E-state index in [2.05, 4.69) is 200 Å². The summed E-state index contributed by atoms with van der Waals surface area (Å²) in [5.41, 5.74) is 19.3. The summed E-state index contributed by atoms with van der Waals surface area (Å²) in [6.07, 6.45) is 0. The Hall–Kier alpha value is -6.24. The molecule has 1 spiro atoms. The number of fused-ring (bicyclic) bond motifs is 10. The Morgan fingerprint density at radius 1 is 0.280 bits per heavy atom. The van der Waals surface area contributed by atoms with Gasteiger partial charge in [-0.25, -0.2) is 0 Å². The highest BCUT2D eigenvalue weighted by Gasteiger charge is 2.52. The molecule has 50 heavy (non-hydrogen) atoms. The van der Waals surface area contributed by atoms with E-state index in [-0.39, 0.29) is 11.3 Å². The second kappa shape index (κ2) is 11.4. The Kier molecular flexibility index (Phi) is 6.57. The first-order valence-electron chi connectivity index (χ1n) is 17.6. The van der Waals surface area contributed by atoms with Crippen molar-refractivity contribution in [1.82, 2.24) is 0 Å². The van der Waals surface area contributed by atoms with Crippen LogP contribution in [0.2, 0.25) is 0 Å². The number of hydrogen-bond acceptors (Lipinski definition) is 0. The molecule has 0 radical (unpaired) electrons. The standard InChI is InChI=1S/C50H34/c1-3-16-34(17-4-1)35-30-32-37(33-31-35)48(41-23-8-7-20-38(41)36-18-5-2-6-19-36)43-25-15-29-47-49(43)42-24-11-14-28-46(42)50(47)44-26-12-9-21-39(44)40-22-10-13-27-45(40)50/h1-33,48H. The van der Waals surface area contributed by atoms with Gasteiger partial charge < -0.3 is 0 Å². The maximum atomic E-state index is 2.40. The monoisotopic (exact) mass is 634 g/mol. The third kappa shape index (κ3) is 4.12. The molecular weight excluding hydrogens is 601 g/mol. The molecule has 0 saturated heterocycles. The molecule has 0 N–H and O–H groups in total. The lowest BCUT2D eigenvalue weighted by atomic mass is 9.70. The summed E-state index contributed by atoms with van der Waals surface area (Å²) in [5, 5.41) is 0. The van der Waals surface area contributed by atoms with Crippen LogP contribution in [0.25, 0.3) is 44.5 Å². The quantitative estimate of drug-likeness (QED) is 0.165. The predicted molar refractivity (Wildman–Crippen MR) is 207 cm³/mol. The molecule has 0 nitrogen and oxygen atoms in total. The zero-order valence-electron chi connectivity index (χ0n) is 27.6. The Balaban J connectivity index is 1.27. The van der Waals surface area contributed by atoms with Crippen LogP contribution in [0.3, 0.4) is 0 Å². The van der Waals surface area contributed by atoms with Crippen molar-refractivity contribution in [3.63, 3.8) is 0 Å². The molecule has 8 aromatic carbocycles. The Labute approximate surface area is 294 Å². The van der Waals surface area contributed by atoms with Gasteiger partial charge in [-0.15, -0.1) is 0 Å². The van der Waals surface area contributed by atoms with E-state index in [9.17, 15) is 0 Å². The van der Waals surface area contributed by atoms with Gasteiger partial charge in [-0.2, -0.15) is 0 Å². The van der Waals surface area contributed by atoms with Crippen molar-refractivity contribution in [2.24, 2.45) is 0 Å². The fourth-order valence-corrected chi connectivity index (χ4v) is 9.07. The molecule has 0 heterocycles. The third-order valence-corrected chi connectivity index (χ3v) is 11.1. The van der Waals surface area contributed by atoms with Crippen molar-refractivity contribution in [2.45, 2.75) is 11.3 Å². The summed E-state index contributed by atoms with van der Waals surface area (Å²) in [6, 6.07) is 74.2. The van der Waals surface area contributed by atoms with Gasteiger partial charge in [-0.3, -0.25) is 0 Å². The molecule has 0 fully saturated rings. The molecular formula is C50H34. The van der Waals surface area contributed by atoms with Gasteiger partial charge in [-0.05, 0) is 83.5 Å². The van der Waals surface area contributed by atoms with Crippen molar-refractivity contribution < 1.29 is 0 Å². The average Bonchev–Trinajstić information content (AvgIpc) is 3.67. The Morgan fingerprint density at radius 2 is 0.720 bits per heavy atom. The lowest BCUT2D eigenvalue weighted by Crippen LogP contribution is -2.25. The molecule has 0 aliphatic heterocycles. The zero-order valence-corrected chi connectivity index (χ0v) is 27.6. The molecule has 0 bridgehead atoms. The topological polar surface area (TPSA) is 0 Å². The Morgan fingerprint density at radius 3 is 1.36 bits per heavy atom. The van der Waals surface area contributed by atoms with Crippen LogP contribution in [-0.4, -0.2) is 0 Å². The van der Waals surface area contributed by atoms with Crippen molar-refractivity contribution in [1.29, 1.82) is 0 Å². The van der Waals surface area contributed by atoms with E-state index in [1.165, 1.54) is 83.5 Å². The van der Waals surface area contributed by atoms with Crippen molar-refractivity contribution in [3.05, 3.63) is 239 Å². The van der Waals surface area contributed by atoms with Crippen LogP contribution in [0, 0.1) is 0 Å². The summed E-state index contributed by atoms with van der Waals surface area (Å²) in [5.74, 6) is 0.00118. The number of hydrogen-bond donors (Lipinski definition) is 0. The summed E-state index contributed by atoms with van der Waals surface area (Å²) >= 11 is 0. The molecule has 234 valence electrons. The molecule has 0 aromatic heterocycles. The average molecular weight is 635 g/mol. The molecule has 0 saturated carbocycles. The number of rotatable bonds is 5. The van der Waals surface area contributed by atoms with E-state index >= 15 is 0 Å². The maximum Gasteiger partial charge on any atom is 0.0725 e. The highest BCUT2D eigenvalue weighted by atomic mass is 14.5. The van der Waals surface area contributed by atoms with Crippen LogP contribution in [0.4, 0.5) is 0 Å². The lowest BCUT2D eigenvalue weighted by molar-refractivity contribution is 0.792. The molecule has 1 atom stereocenters. The summed E-state index contributed by atoms with van der Waals surface area (Å²) < 4.78 is 0. The fraction of sp³-hybridized carbons (Fsp3) is 0.0400. The third-order valence-electron chi connectivity index (χ3n) is 11.1. The van der Waals surface area contributed by atoms with Crippen LogP contribution in [0.15, 0.2) is 200 Å². The molecule has 0 amide bonds. The molecule has 0 heteroatoms. The van der Waals surface area contributed by atoms with Gasteiger partial charge >= 0.3 is 0 Å². The van der Waals surface area contributed by atoms with E-state index in [1.807, 2.05) is 0 Å². The largest absolute Gasteiger partial charge is 0.0725 e. The number of benzene rings is 8. The fourth-order valence-electron chi connectivity index (χ4n) is 9.07. The minimum Gasteiger partial charge on any atom is -0.0622 e. The minimum absolute atomic E-state index is 0.00118. The van der Waals surface area contributed by atoms with Crippen LogP contribution in [-0.2, 0) is 5.41 Å². The van der Waals surface area contributed by atoms with Gasteiger partial charge in [0.05, 0.1) is 5.41 Å². The maximum absolute atomic E-state index is 2.40. The van der Waals surface area contributed by atoms with Gasteiger partial charge in [0.2, 0.25) is 0 Å². The van der Waals surface area contributed by atoms with Crippen molar-refractivity contribution in [3.8, 4) is 44.5 Å². The smallest absolute Gasteiger partial charge is 0.0622 e. The first-order valence-corrected chi connectivity index (χ1v) is 17.6. The van der Waals surface area contributed by atoms with Gasteiger partial charge in [-0.1, -0.05) is 200 Å². The zero-order chi connectivity index (χ0) is 33.1. The molecule has 2 aliphatic rings. The van der Waals surface area contributed by atoms with E-state index in [1.54, 1.807) is 0 Å². The van der Waals surface area contributed by atoms with Crippen LogP contribution in [0.1, 0.15) is 44.9 Å². The van der Waals surface area contributed by atoms with E-state index in [4.69, 9.17) is 0 Å². The molecule has 2 aliphatic carbocycles. The van der Waals surface area contributed by atoms with Crippen LogP contribution < -0.4 is 0 Å². The summed E-state index contributed by atoms with van der Waals surface area (Å²) in [4.78, 5) is 0. The summed E-state index contributed by atoms with van der Waals surface area (Å²) in [6.45, 7) is 0. The second-order valence-electron chi connectivity index (χ2n) is 13.5. The molecule has 8 aromatic rings. The van der Waals surface area contributed by atoms with E-state index in [0.717, 1.165) is 0 Å². The van der Waals surface area contributed by atoms with Crippen molar-refractivity contribution >= 4 is 0 Å². The van der Waals surface area contributed by atoms with Crippen molar-refractivity contribution in [2.75, 3.05) is 0 Å². The van der Waals surface area contributed by atoms with Gasteiger partial charge in [0, 0.05) is 5.92 Å². The first kappa shape index (κ1) is 28.7. The second-order valence-corrected chi connectivity index (χ2v) is 13.5. The van der Waals surface area contributed by atoms with E-state index < -0.39 is 0 Å². The highest BCUT2D eigenvalue weighted by molar-refractivity contribution is 5.96. The van der Waals surface area contributed by atoms with Gasteiger partial charge in [0.15, 0.2) is 0 Å². The molecule has 1 unspecified atom stereocenters. The van der Waals surface area contributed by atoms with Gasteiger partial charge in [0.25, 0.3) is 0 Å². The van der Waals surface area contributed by atoms with E-state index in [0.29, 0.717) is 0 Å². The first-order chi connectivity index (χ1) is 24.8. The highest BCUT2D eigenvalue weighted by Crippen LogP contribution is 2.64. The Bertz CT molecular complexity index is 2480. The van der Waals surface area contributed by atoms with Crippen LogP contribution >= 0.6 is 0 Å². The minimum atomic E-state index is -0.379. The predicted octanol–water partition coefficient (Wildman–Crippen LogP) is 12.5. The van der Waals surface area contributed by atoms with Crippen LogP contribution in [0.5, 0.6) is 0 Å². The SMILES string of the molecule is c1ccc(-c2ccc(C(c3ccccc3-c3ccccc3)c3cccc4c3-c3ccccc3C43c4ccccc4-c4ccccc43)cc2)cc1. The summed E-state index contributed by atoms with van der Waals surface area (Å²) in [7, 11) is 0. The molecule has 10 rings (SSSR count). The normalized spacial score (nSPS) is 13.7.